The zero-order valence-electron chi connectivity index (χ0n) is 27.4. The number of aliphatic hydroxyl groups excluding tert-OH is 1. The van der Waals surface area contributed by atoms with E-state index in [0.717, 1.165) is 60.0 Å². The highest BCUT2D eigenvalue weighted by Gasteiger charge is 2.57. The van der Waals surface area contributed by atoms with E-state index in [9.17, 15) is 5.11 Å². The smallest absolute Gasteiger partial charge is 0.120 e. The van der Waals surface area contributed by atoms with Gasteiger partial charge in [0.15, 0.2) is 0 Å². The normalized spacial score (nSPS) is 46.0. The minimum Gasteiger partial charge on any atom is -0.494 e. The van der Waals surface area contributed by atoms with E-state index in [-0.39, 0.29) is 11.5 Å². The molecule has 0 amide bonds. The summed E-state index contributed by atoms with van der Waals surface area (Å²) in [6.07, 6.45) is 27.1. The number of benzene rings is 1. The van der Waals surface area contributed by atoms with Crippen LogP contribution in [0.15, 0.2) is 41.7 Å². The van der Waals surface area contributed by atoms with Crippen LogP contribution in [0.1, 0.15) is 134 Å². The van der Waals surface area contributed by atoms with Crippen molar-refractivity contribution in [3.05, 3.63) is 52.8 Å². The molecule has 0 saturated heterocycles. The Morgan fingerprint density at radius 1 is 0.727 bits per heavy atom. The summed E-state index contributed by atoms with van der Waals surface area (Å²) in [5.74, 6) is 7.79. The fraction of sp³-hybridized carbons (Fsp3) is 0.756. The molecule has 0 heterocycles. The van der Waals surface area contributed by atoms with Crippen LogP contribution in [0.25, 0.3) is 0 Å². The fourth-order valence-electron chi connectivity index (χ4n) is 13.2. The third kappa shape index (κ3) is 4.36. The minimum atomic E-state index is -0.0752. The van der Waals surface area contributed by atoms with Crippen LogP contribution in [0.4, 0.5) is 0 Å². The molecule has 0 unspecified atom stereocenters. The summed E-state index contributed by atoms with van der Waals surface area (Å²) in [6.45, 7) is 5.00. The maximum atomic E-state index is 10.8. The Kier molecular flexibility index (Phi) is 6.89. The first kappa shape index (κ1) is 28.5. The number of ether oxygens (including phenoxy) is 2. The minimum absolute atomic E-state index is 0.0752. The molecule has 11 atom stereocenters. The first-order chi connectivity index (χ1) is 21.4. The fourth-order valence-corrected chi connectivity index (χ4v) is 13.2. The van der Waals surface area contributed by atoms with Crippen molar-refractivity contribution in [3.63, 3.8) is 0 Å². The van der Waals surface area contributed by atoms with Crippen LogP contribution in [-0.2, 0) is 11.2 Å². The number of aryl methyl sites for hydroxylation is 1. The lowest BCUT2D eigenvalue weighted by molar-refractivity contribution is -0.0510. The van der Waals surface area contributed by atoms with Gasteiger partial charge in [0.05, 0.1) is 18.0 Å². The van der Waals surface area contributed by atoms with Gasteiger partial charge in [-0.15, -0.1) is 0 Å². The summed E-state index contributed by atoms with van der Waals surface area (Å²) in [5, 5.41) is 10.8. The molecule has 1 aromatic carbocycles. The highest BCUT2D eigenvalue weighted by Crippen LogP contribution is 2.63. The SMILES string of the molecule is C[C@]12CC[C@@H]3c4ccc(OC5CCCC5)cc4CC[C@H]3[C@@H]1CC[C@@H]2OC1=CC2=CC[C@@H]3[C@H](CC[C@]4(C)[C@@H](O)CC[C@@H]34)[C@H]2CC1. The predicted octanol–water partition coefficient (Wildman–Crippen LogP) is 9.68. The van der Waals surface area contributed by atoms with E-state index in [1.807, 2.05) is 0 Å². The molecule has 8 aliphatic rings. The van der Waals surface area contributed by atoms with Gasteiger partial charge in [0.25, 0.3) is 0 Å². The Morgan fingerprint density at radius 2 is 1.55 bits per heavy atom. The summed E-state index contributed by atoms with van der Waals surface area (Å²) >= 11 is 0. The average molecular weight is 597 g/mol. The van der Waals surface area contributed by atoms with E-state index in [0.29, 0.717) is 17.6 Å². The molecule has 3 nitrogen and oxygen atoms in total. The van der Waals surface area contributed by atoms with Crippen LogP contribution in [0.5, 0.6) is 5.75 Å². The van der Waals surface area contributed by atoms with Crippen LogP contribution in [-0.4, -0.2) is 23.4 Å². The first-order valence-corrected chi connectivity index (χ1v) is 19.0. The van der Waals surface area contributed by atoms with E-state index in [4.69, 9.17) is 9.47 Å². The molecular weight excluding hydrogens is 540 g/mol. The van der Waals surface area contributed by atoms with Crippen LogP contribution in [0.3, 0.4) is 0 Å². The Labute approximate surface area is 266 Å². The second-order valence-corrected chi connectivity index (χ2v) is 17.3. The Bertz CT molecular complexity index is 1340. The highest BCUT2D eigenvalue weighted by molar-refractivity contribution is 5.41. The van der Waals surface area contributed by atoms with Crippen LogP contribution >= 0.6 is 0 Å². The van der Waals surface area contributed by atoms with E-state index >= 15 is 0 Å². The first-order valence-electron chi connectivity index (χ1n) is 19.0. The number of aliphatic hydroxyl groups is 1. The third-order valence-corrected chi connectivity index (χ3v) is 15.6. The second kappa shape index (κ2) is 10.6. The molecular formula is C41H56O3. The molecule has 0 aromatic heterocycles. The standard InChI is InChI=1S/C41H56O3/c1-40-21-19-32-31-14-10-29(24-26(31)7-11-34(32)36(40)15-17-38(40)42)44-39-18-16-37-35-12-8-25-23-28(43-27-5-3-4-6-27)9-13-30(25)33(35)20-22-41(37,39)2/h7,9,13,23-24,27,31-39,42H,3-6,8,10-12,14-22H2,1-2H3/t31-,32+,33+,34+,35+,36-,37-,38-,39-,40-,41-/m0/s1. The molecule has 1 N–H and O–H groups in total. The Hall–Kier alpha value is -1.74. The molecule has 3 heteroatoms. The Balaban J connectivity index is 0.883. The summed E-state index contributed by atoms with van der Waals surface area (Å²) < 4.78 is 13.5. The maximum Gasteiger partial charge on any atom is 0.120 e. The van der Waals surface area contributed by atoms with Crippen molar-refractivity contribution < 1.29 is 14.6 Å². The van der Waals surface area contributed by atoms with E-state index in [1.165, 1.54) is 102 Å². The molecule has 238 valence electrons. The van der Waals surface area contributed by atoms with Crippen LogP contribution in [0, 0.1) is 46.3 Å². The number of hydrogen-bond acceptors (Lipinski definition) is 3. The van der Waals surface area contributed by atoms with Gasteiger partial charge in [0.2, 0.25) is 0 Å². The molecule has 0 aliphatic heterocycles. The molecule has 8 aliphatic carbocycles. The topological polar surface area (TPSA) is 38.7 Å². The van der Waals surface area contributed by atoms with Crippen molar-refractivity contribution in [2.24, 2.45) is 46.3 Å². The molecule has 9 rings (SSSR count). The van der Waals surface area contributed by atoms with Crippen LogP contribution < -0.4 is 4.74 Å². The van der Waals surface area contributed by atoms with Crippen molar-refractivity contribution in [1.82, 2.24) is 0 Å². The van der Waals surface area contributed by atoms with Crippen molar-refractivity contribution in [1.29, 1.82) is 0 Å². The number of allylic oxidation sites excluding steroid dienone is 4. The highest BCUT2D eigenvalue weighted by atomic mass is 16.5. The van der Waals surface area contributed by atoms with Crippen molar-refractivity contribution >= 4 is 0 Å². The number of hydrogen-bond donors (Lipinski definition) is 1. The van der Waals surface area contributed by atoms with Gasteiger partial charge < -0.3 is 14.6 Å². The Morgan fingerprint density at radius 3 is 2.43 bits per heavy atom. The molecule has 1 aromatic rings. The molecule has 0 bridgehead atoms. The zero-order valence-corrected chi connectivity index (χ0v) is 27.4. The molecule has 5 saturated carbocycles. The van der Waals surface area contributed by atoms with Gasteiger partial charge in [-0.25, -0.2) is 0 Å². The van der Waals surface area contributed by atoms with E-state index in [1.54, 1.807) is 16.7 Å². The lowest BCUT2D eigenvalue weighted by Gasteiger charge is -2.52. The van der Waals surface area contributed by atoms with Gasteiger partial charge in [-0.1, -0.05) is 26.0 Å². The van der Waals surface area contributed by atoms with Crippen molar-refractivity contribution in [2.45, 2.75) is 147 Å². The second-order valence-electron chi connectivity index (χ2n) is 17.3. The van der Waals surface area contributed by atoms with E-state index < -0.39 is 0 Å². The monoisotopic (exact) mass is 596 g/mol. The lowest BCUT2D eigenvalue weighted by Crippen LogP contribution is -2.46. The largest absolute Gasteiger partial charge is 0.494 e. The summed E-state index contributed by atoms with van der Waals surface area (Å²) in [5.41, 5.74) is 5.30. The zero-order chi connectivity index (χ0) is 29.6. The molecule has 0 spiro atoms. The van der Waals surface area contributed by atoms with E-state index in [2.05, 4.69) is 44.2 Å². The summed E-state index contributed by atoms with van der Waals surface area (Å²) in [6, 6.07) is 7.16. The van der Waals surface area contributed by atoms with Crippen molar-refractivity contribution in [3.8, 4) is 5.75 Å². The molecule has 0 radical (unpaired) electrons. The quantitative estimate of drug-likeness (QED) is 0.376. The van der Waals surface area contributed by atoms with Gasteiger partial charge in [0.1, 0.15) is 11.9 Å². The van der Waals surface area contributed by atoms with Gasteiger partial charge in [-0.05, 0) is 184 Å². The van der Waals surface area contributed by atoms with Crippen molar-refractivity contribution in [2.75, 3.05) is 0 Å². The van der Waals surface area contributed by atoms with Gasteiger partial charge in [-0.3, -0.25) is 0 Å². The lowest BCUT2D eigenvalue weighted by atomic mass is 9.53. The molecule has 44 heavy (non-hydrogen) atoms. The average Bonchev–Trinajstić information content (AvgIpc) is 3.74. The maximum absolute atomic E-state index is 10.8. The number of rotatable bonds is 4. The summed E-state index contributed by atoms with van der Waals surface area (Å²) in [7, 11) is 0. The van der Waals surface area contributed by atoms with Gasteiger partial charge in [0, 0.05) is 11.8 Å². The van der Waals surface area contributed by atoms with Gasteiger partial charge in [-0.2, -0.15) is 0 Å². The summed E-state index contributed by atoms with van der Waals surface area (Å²) in [4.78, 5) is 0. The van der Waals surface area contributed by atoms with Gasteiger partial charge >= 0.3 is 0 Å². The predicted molar refractivity (Wildman–Crippen MR) is 175 cm³/mol. The van der Waals surface area contributed by atoms with Crippen LogP contribution in [0.2, 0.25) is 0 Å². The molecule has 5 fully saturated rings. The number of fused-ring (bicyclic) bond motifs is 10. The third-order valence-electron chi connectivity index (χ3n) is 15.6.